The van der Waals surface area contributed by atoms with Gasteiger partial charge in [-0.05, 0) is 39.8 Å². The van der Waals surface area contributed by atoms with Gasteiger partial charge >= 0.3 is 0 Å². The fraction of sp³-hybridized carbons (Fsp3) is 0.929. The molecule has 1 heterocycles. The van der Waals surface area contributed by atoms with Crippen molar-refractivity contribution >= 4 is 5.91 Å². The Hall–Kier alpha value is -0.610. The van der Waals surface area contributed by atoms with Crippen LogP contribution in [0.3, 0.4) is 0 Å². The Balaban J connectivity index is 2.32. The first kappa shape index (κ1) is 15.4. The lowest BCUT2D eigenvalue weighted by atomic mass is 9.83. The average molecular weight is 255 g/mol. The second-order valence-electron chi connectivity index (χ2n) is 5.55. The molecule has 2 N–H and O–H groups in total. The maximum absolute atomic E-state index is 12.2. The van der Waals surface area contributed by atoms with Crippen LogP contribution in [0.25, 0.3) is 0 Å². The van der Waals surface area contributed by atoms with Crippen molar-refractivity contribution in [1.82, 2.24) is 15.5 Å². The minimum Gasteiger partial charge on any atom is -0.354 e. The fourth-order valence-electron chi connectivity index (χ4n) is 2.47. The van der Waals surface area contributed by atoms with Gasteiger partial charge in [0.1, 0.15) is 0 Å². The van der Waals surface area contributed by atoms with Crippen molar-refractivity contribution in [2.75, 3.05) is 33.2 Å². The maximum atomic E-state index is 12.2. The van der Waals surface area contributed by atoms with Gasteiger partial charge in [-0.2, -0.15) is 0 Å². The second kappa shape index (κ2) is 7.10. The lowest BCUT2D eigenvalue weighted by Crippen LogP contribution is -2.45. The Morgan fingerprint density at radius 2 is 2.22 bits per heavy atom. The molecule has 0 saturated carbocycles. The van der Waals surface area contributed by atoms with Crippen LogP contribution in [-0.2, 0) is 4.79 Å². The molecular formula is C14H29N3O. The Kier molecular flexibility index (Phi) is 6.09. The Morgan fingerprint density at radius 1 is 1.50 bits per heavy atom. The van der Waals surface area contributed by atoms with E-state index in [1.807, 2.05) is 0 Å². The molecular weight excluding hydrogens is 226 g/mol. The number of nitrogens with zero attached hydrogens (tertiary/aromatic N) is 1. The molecule has 1 aliphatic rings. The third kappa shape index (κ3) is 3.69. The van der Waals surface area contributed by atoms with Gasteiger partial charge in [0.25, 0.3) is 0 Å². The standard InChI is InChI=1S/C14H29N3O/c1-5-12(3)17(4)10-9-16-13(18)14(6-2)7-8-15-11-14/h12,15H,5-11H2,1-4H3,(H,16,18). The van der Waals surface area contributed by atoms with Crippen LogP contribution in [0.4, 0.5) is 0 Å². The zero-order chi connectivity index (χ0) is 13.6. The monoisotopic (exact) mass is 255 g/mol. The van der Waals surface area contributed by atoms with Crippen LogP contribution < -0.4 is 10.6 Å². The summed E-state index contributed by atoms with van der Waals surface area (Å²) in [6, 6.07) is 0.579. The van der Waals surface area contributed by atoms with Crippen LogP contribution in [0.1, 0.15) is 40.0 Å². The molecule has 1 amide bonds. The molecule has 0 aromatic rings. The van der Waals surface area contributed by atoms with Gasteiger partial charge in [0.15, 0.2) is 0 Å². The zero-order valence-electron chi connectivity index (χ0n) is 12.4. The van der Waals surface area contributed by atoms with Crippen LogP contribution in [0.15, 0.2) is 0 Å². The molecule has 4 heteroatoms. The molecule has 1 rings (SSSR count). The lowest BCUT2D eigenvalue weighted by molar-refractivity contribution is -0.130. The molecule has 2 unspecified atom stereocenters. The van der Waals surface area contributed by atoms with E-state index in [1.165, 1.54) is 0 Å². The molecule has 0 spiro atoms. The van der Waals surface area contributed by atoms with Crippen molar-refractivity contribution in [2.24, 2.45) is 5.41 Å². The quantitative estimate of drug-likeness (QED) is 0.719. The van der Waals surface area contributed by atoms with Crippen molar-refractivity contribution in [1.29, 1.82) is 0 Å². The third-order valence-electron chi connectivity index (χ3n) is 4.50. The average Bonchev–Trinajstić information content (AvgIpc) is 2.87. The van der Waals surface area contributed by atoms with Gasteiger partial charge in [0, 0.05) is 25.7 Å². The smallest absolute Gasteiger partial charge is 0.227 e. The molecule has 1 saturated heterocycles. The summed E-state index contributed by atoms with van der Waals surface area (Å²) in [6.07, 6.45) is 3.04. The first-order valence-electron chi connectivity index (χ1n) is 7.25. The summed E-state index contributed by atoms with van der Waals surface area (Å²) in [5, 5.41) is 6.41. The van der Waals surface area contributed by atoms with E-state index in [-0.39, 0.29) is 11.3 Å². The highest BCUT2D eigenvalue weighted by atomic mass is 16.2. The van der Waals surface area contributed by atoms with Gasteiger partial charge < -0.3 is 15.5 Å². The van der Waals surface area contributed by atoms with E-state index in [2.05, 4.69) is 43.4 Å². The fourth-order valence-corrected chi connectivity index (χ4v) is 2.47. The van der Waals surface area contributed by atoms with E-state index in [0.717, 1.165) is 45.4 Å². The first-order chi connectivity index (χ1) is 8.55. The molecule has 1 aliphatic heterocycles. The molecule has 1 fully saturated rings. The number of likely N-dealkylation sites (N-methyl/N-ethyl adjacent to an activating group) is 1. The van der Waals surface area contributed by atoms with Crippen molar-refractivity contribution in [2.45, 2.75) is 46.1 Å². The first-order valence-corrected chi connectivity index (χ1v) is 7.25. The molecule has 18 heavy (non-hydrogen) atoms. The summed E-state index contributed by atoms with van der Waals surface area (Å²) in [5.41, 5.74) is -0.158. The zero-order valence-corrected chi connectivity index (χ0v) is 12.4. The Labute approximate surface area is 111 Å². The normalized spacial score (nSPS) is 25.4. The van der Waals surface area contributed by atoms with Crippen molar-refractivity contribution in [3.05, 3.63) is 0 Å². The van der Waals surface area contributed by atoms with E-state index in [9.17, 15) is 4.79 Å². The van der Waals surface area contributed by atoms with Gasteiger partial charge in [-0.3, -0.25) is 4.79 Å². The van der Waals surface area contributed by atoms with E-state index in [4.69, 9.17) is 0 Å². The van der Waals surface area contributed by atoms with Crippen molar-refractivity contribution < 1.29 is 4.79 Å². The number of hydrogen-bond acceptors (Lipinski definition) is 3. The van der Waals surface area contributed by atoms with Crippen molar-refractivity contribution in [3.63, 3.8) is 0 Å². The predicted octanol–water partition coefficient (Wildman–Crippen LogP) is 1.22. The molecule has 2 atom stereocenters. The highest BCUT2D eigenvalue weighted by Crippen LogP contribution is 2.29. The van der Waals surface area contributed by atoms with Crippen LogP contribution >= 0.6 is 0 Å². The molecule has 0 aliphatic carbocycles. The largest absolute Gasteiger partial charge is 0.354 e. The number of rotatable bonds is 7. The van der Waals surface area contributed by atoms with E-state index < -0.39 is 0 Å². The minimum atomic E-state index is -0.158. The summed E-state index contributed by atoms with van der Waals surface area (Å²) in [7, 11) is 2.12. The Bertz CT molecular complexity index is 262. The summed E-state index contributed by atoms with van der Waals surface area (Å²) >= 11 is 0. The highest BCUT2D eigenvalue weighted by Gasteiger charge is 2.39. The van der Waals surface area contributed by atoms with Gasteiger partial charge in [-0.15, -0.1) is 0 Å². The summed E-state index contributed by atoms with van der Waals surface area (Å²) in [6.45, 7) is 9.99. The summed E-state index contributed by atoms with van der Waals surface area (Å²) in [4.78, 5) is 14.5. The van der Waals surface area contributed by atoms with Crippen LogP contribution in [0, 0.1) is 5.41 Å². The van der Waals surface area contributed by atoms with E-state index in [0.29, 0.717) is 6.04 Å². The molecule has 0 bridgehead atoms. The number of nitrogens with one attached hydrogen (secondary N) is 2. The van der Waals surface area contributed by atoms with Gasteiger partial charge in [-0.25, -0.2) is 0 Å². The lowest BCUT2D eigenvalue weighted by Gasteiger charge is -2.27. The number of amides is 1. The highest BCUT2D eigenvalue weighted by molar-refractivity contribution is 5.83. The number of carbonyl (C=O) groups is 1. The van der Waals surface area contributed by atoms with E-state index >= 15 is 0 Å². The molecule has 0 aromatic carbocycles. The number of carbonyl (C=O) groups excluding carboxylic acids is 1. The summed E-state index contributed by atoms with van der Waals surface area (Å²) < 4.78 is 0. The van der Waals surface area contributed by atoms with E-state index in [1.54, 1.807) is 0 Å². The molecule has 0 aromatic heterocycles. The van der Waals surface area contributed by atoms with Crippen LogP contribution in [0.2, 0.25) is 0 Å². The topological polar surface area (TPSA) is 44.4 Å². The van der Waals surface area contributed by atoms with Gasteiger partial charge in [0.05, 0.1) is 5.41 Å². The molecule has 4 nitrogen and oxygen atoms in total. The number of hydrogen-bond donors (Lipinski definition) is 2. The summed E-state index contributed by atoms with van der Waals surface area (Å²) in [5.74, 6) is 0.229. The Morgan fingerprint density at radius 3 is 2.72 bits per heavy atom. The molecule has 0 radical (unpaired) electrons. The van der Waals surface area contributed by atoms with Crippen LogP contribution in [0.5, 0.6) is 0 Å². The second-order valence-corrected chi connectivity index (χ2v) is 5.55. The SMILES string of the molecule is CCC(C)N(C)CCNC(=O)C1(CC)CCNC1. The maximum Gasteiger partial charge on any atom is 0.227 e. The van der Waals surface area contributed by atoms with Gasteiger partial charge in [-0.1, -0.05) is 13.8 Å². The van der Waals surface area contributed by atoms with Crippen LogP contribution in [-0.4, -0.2) is 50.1 Å². The minimum absolute atomic E-state index is 0.158. The third-order valence-corrected chi connectivity index (χ3v) is 4.50. The predicted molar refractivity (Wildman–Crippen MR) is 75.6 cm³/mol. The van der Waals surface area contributed by atoms with Crippen molar-refractivity contribution in [3.8, 4) is 0 Å². The molecule has 106 valence electrons. The van der Waals surface area contributed by atoms with Gasteiger partial charge in [0.2, 0.25) is 5.91 Å².